The highest BCUT2D eigenvalue weighted by atomic mass is 35.5. The number of nitrogens with two attached hydrogens (primary N) is 1. The molecule has 94 valence electrons. The summed E-state index contributed by atoms with van der Waals surface area (Å²) in [6.45, 7) is 1.60. The molecule has 0 bridgehead atoms. The molecule has 1 aromatic rings. The highest BCUT2D eigenvalue weighted by Crippen LogP contribution is 2.26. The Morgan fingerprint density at radius 3 is 2.76 bits per heavy atom. The maximum absolute atomic E-state index is 12.5. The van der Waals surface area contributed by atoms with Crippen LogP contribution in [0.25, 0.3) is 0 Å². The summed E-state index contributed by atoms with van der Waals surface area (Å²) in [5.41, 5.74) is 4.79. The number of aromatic nitrogens is 1. The Kier molecular flexibility index (Phi) is 4.77. The van der Waals surface area contributed by atoms with Gasteiger partial charge in [0, 0.05) is 6.54 Å². The summed E-state index contributed by atoms with van der Waals surface area (Å²) in [7, 11) is 0. The molecule has 0 fully saturated rings. The first-order valence-corrected chi connectivity index (χ1v) is 5.23. The molecule has 0 amide bonds. The van der Waals surface area contributed by atoms with Crippen molar-refractivity contribution in [2.75, 3.05) is 6.61 Å². The van der Waals surface area contributed by atoms with E-state index in [9.17, 15) is 13.6 Å². The zero-order valence-electron chi connectivity index (χ0n) is 9.04. The van der Waals surface area contributed by atoms with Crippen molar-refractivity contribution < 1.29 is 18.3 Å². The molecule has 0 aliphatic rings. The van der Waals surface area contributed by atoms with E-state index in [0.717, 1.165) is 6.07 Å². The summed E-state index contributed by atoms with van der Waals surface area (Å²) < 4.78 is 29.7. The van der Waals surface area contributed by atoms with Crippen LogP contribution >= 0.6 is 11.6 Å². The van der Waals surface area contributed by atoms with Crippen LogP contribution < -0.4 is 5.73 Å². The molecule has 1 aromatic heterocycles. The summed E-state index contributed by atoms with van der Waals surface area (Å²) in [5.74, 6) is -0.716. The van der Waals surface area contributed by atoms with E-state index in [-0.39, 0.29) is 29.4 Å². The van der Waals surface area contributed by atoms with E-state index in [1.165, 1.54) is 0 Å². The topological polar surface area (TPSA) is 65.2 Å². The summed E-state index contributed by atoms with van der Waals surface area (Å²) in [6, 6.07) is 0.942. The van der Waals surface area contributed by atoms with Gasteiger partial charge in [0.2, 0.25) is 0 Å². The lowest BCUT2D eigenvalue weighted by molar-refractivity contribution is 0.0524. The zero-order chi connectivity index (χ0) is 13.0. The monoisotopic (exact) mass is 264 g/mol. The van der Waals surface area contributed by atoms with Gasteiger partial charge in [-0.2, -0.15) is 0 Å². The second-order valence-electron chi connectivity index (χ2n) is 3.08. The molecule has 17 heavy (non-hydrogen) atoms. The fraction of sp³-hybridized carbons (Fsp3) is 0.400. The molecule has 7 heteroatoms. The number of rotatable bonds is 4. The summed E-state index contributed by atoms with van der Waals surface area (Å²) in [5, 5.41) is -0.130. The van der Waals surface area contributed by atoms with Crippen LogP contribution in [0.1, 0.15) is 35.1 Å². The van der Waals surface area contributed by atoms with Crippen molar-refractivity contribution in [3.63, 3.8) is 0 Å². The molecular weight excluding hydrogens is 254 g/mol. The Labute approximate surface area is 102 Å². The number of esters is 1. The number of alkyl halides is 2. The lowest BCUT2D eigenvalue weighted by Crippen LogP contribution is -2.14. The fourth-order valence-corrected chi connectivity index (χ4v) is 1.56. The standard InChI is InChI=1S/C10H11ClF2N2O2/c1-2-17-10(16)8-5(11)3-6(9(12)13)15-7(8)4-14/h3,9H,2,4,14H2,1H3. The second-order valence-corrected chi connectivity index (χ2v) is 3.48. The predicted molar refractivity (Wildman–Crippen MR) is 58.1 cm³/mol. The summed E-state index contributed by atoms with van der Waals surface area (Å²) in [4.78, 5) is 15.1. The van der Waals surface area contributed by atoms with Crippen LogP contribution in [-0.2, 0) is 11.3 Å². The first-order chi connectivity index (χ1) is 8.01. The minimum absolute atomic E-state index is 0.00579. The van der Waals surface area contributed by atoms with Gasteiger partial charge in [0.25, 0.3) is 6.43 Å². The minimum Gasteiger partial charge on any atom is -0.462 e. The highest BCUT2D eigenvalue weighted by Gasteiger charge is 2.21. The van der Waals surface area contributed by atoms with Crippen LogP contribution in [-0.4, -0.2) is 17.6 Å². The Morgan fingerprint density at radius 2 is 2.29 bits per heavy atom. The summed E-state index contributed by atoms with van der Waals surface area (Å²) >= 11 is 5.76. The Bertz CT molecular complexity index is 427. The van der Waals surface area contributed by atoms with Crippen molar-refractivity contribution in [2.24, 2.45) is 5.73 Å². The molecule has 0 atom stereocenters. The van der Waals surface area contributed by atoms with E-state index >= 15 is 0 Å². The molecular formula is C10H11ClF2N2O2. The molecule has 1 heterocycles. The molecule has 0 spiro atoms. The molecule has 0 aliphatic carbocycles. The van der Waals surface area contributed by atoms with Crippen molar-refractivity contribution in [1.82, 2.24) is 4.98 Å². The van der Waals surface area contributed by atoms with E-state index < -0.39 is 18.1 Å². The van der Waals surface area contributed by atoms with Crippen LogP contribution in [0, 0.1) is 0 Å². The third-order valence-electron chi connectivity index (χ3n) is 1.96. The first-order valence-electron chi connectivity index (χ1n) is 4.85. The Balaban J connectivity index is 3.25. The van der Waals surface area contributed by atoms with Gasteiger partial charge in [0.15, 0.2) is 0 Å². The number of pyridine rings is 1. The van der Waals surface area contributed by atoms with Crippen LogP contribution in [0.4, 0.5) is 8.78 Å². The third kappa shape index (κ3) is 3.10. The van der Waals surface area contributed by atoms with Crippen molar-refractivity contribution >= 4 is 17.6 Å². The van der Waals surface area contributed by atoms with Crippen LogP contribution in [0.2, 0.25) is 5.02 Å². The maximum atomic E-state index is 12.5. The quantitative estimate of drug-likeness (QED) is 0.848. The third-order valence-corrected chi connectivity index (χ3v) is 2.26. The number of ether oxygens (including phenoxy) is 1. The molecule has 0 aromatic carbocycles. The summed E-state index contributed by atoms with van der Waals surface area (Å²) in [6.07, 6.45) is -2.77. The van der Waals surface area contributed by atoms with E-state index in [2.05, 4.69) is 4.98 Å². The lowest BCUT2D eigenvalue weighted by atomic mass is 10.1. The average Bonchev–Trinajstić information content (AvgIpc) is 2.27. The predicted octanol–water partition coefficient (Wildman–Crippen LogP) is 2.31. The van der Waals surface area contributed by atoms with Gasteiger partial charge in [-0.1, -0.05) is 11.6 Å². The first kappa shape index (κ1) is 13.8. The van der Waals surface area contributed by atoms with E-state index in [1.54, 1.807) is 6.92 Å². The van der Waals surface area contributed by atoms with Crippen molar-refractivity contribution in [3.05, 3.63) is 28.0 Å². The number of carbonyl (C=O) groups excluding carboxylic acids is 1. The maximum Gasteiger partial charge on any atom is 0.341 e. The smallest absolute Gasteiger partial charge is 0.341 e. The molecule has 4 nitrogen and oxygen atoms in total. The number of hydrogen-bond acceptors (Lipinski definition) is 4. The van der Waals surface area contributed by atoms with Gasteiger partial charge in [-0.3, -0.25) is 0 Å². The van der Waals surface area contributed by atoms with Gasteiger partial charge in [-0.05, 0) is 13.0 Å². The molecule has 2 N–H and O–H groups in total. The molecule has 0 radical (unpaired) electrons. The number of carbonyl (C=O) groups is 1. The van der Waals surface area contributed by atoms with E-state index in [0.29, 0.717) is 0 Å². The highest BCUT2D eigenvalue weighted by molar-refractivity contribution is 6.33. The molecule has 0 saturated carbocycles. The average molecular weight is 265 g/mol. The second kappa shape index (κ2) is 5.88. The Hall–Kier alpha value is -1.27. The molecule has 0 unspecified atom stereocenters. The number of hydrogen-bond donors (Lipinski definition) is 1. The lowest BCUT2D eigenvalue weighted by Gasteiger charge is -2.10. The van der Waals surface area contributed by atoms with Crippen LogP contribution in [0.15, 0.2) is 6.07 Å². The van der Waals surface area contributed by atoms with Crippen molar-refractivity contribution in [3.8, 4) is 0 Å². The number of halogens is 3. The SMILES string of the molecule is CCOC(=O)c1c(Cl)cc(C(F)F)nc1CN. The van der Waals surface area contributed by atoms with Crippen LogP contribution in [0.5, 0.6) is 0 Å². The van der Waals surface area contributed by atoms with Crippen LogP contribution in [0.3, 0.4) is 0 Å². The number of nitrogens with zero attached hydrogens (tertiary/aromatic N) is 1. The van der Waals surface area contributed by atoms with Gasteiger partial charge < -0.3 is 10.5 Å². The van der Waals surface area contributed by atoms with Gasteiger partial charge in [-0.25, -0.2) is 18.6 Å². The largest absolute Gasteiger partial charge is 0.462 e. The van der Waals surface area contributed by atoms with E-state index in [4.69, 9.17) is 22.1 Å². The van der Waals surface area contributed by atoms with Gasteiger partial charge >= 0.3 is 5.97 Å². The fourth-order valence-electron chi connectivity index (χ4n) is 1.26. The Morgan fingerprint density at radius 1 is 1.65 bits per heavy atom. The van der Waals surface area contributed by atoms with Gasteiger partial charge in [0.1, 0.15) is 11.3 Å². The van der Waals surface area contributed by atoms with E-state index in [1.807, 2.05) is 0 Å². The molecule has 0 aliphatic heterocycles. The van der Waals surface area contributed by atoms with Crippen molar-refractivity contribution in [2.45, 2.75) is 19.9 Å². The minimum atomic E-state index is -2.77. The van der Waals surface area contributed by atoms with Gasteiger partial charge in [-0.15, -0.1) is 0 Å². The van der Waals surface area contributed by atoms with Crippen molar-refractivity contribution in [1.29, 1.82) is 0 Å². The molecule has 0 saturated heterocycles. The van der Waals surface area contributed by atoms with Gasteiger partial charge in [0.05, 0.1) is 17.3 Å². The zero-order valence-corrected chi connectivity index (χ0v) is 9.80. The normalized spacial score (nSPS) is 10.7. The molecule has 1 rings (SSSR count).